The lowest BCUT2D eigenvalue weighted by molar-refractivity contribution is -0.276. The molecular formula is C26H42O6. The molecule has 4 N–H and O–H groups in total. The van der Waals surface area contributed by atoms with Crippen molar-refractivity contribution in [2.75, 3.05) is 0 Å². The Kier molecular flexibility index (Phi) is 6.10. The first-order valence-electron chi connectivity index (χ1n) is 12.5. The number of fused-ring (bicyclic) bond motifs is 5. The summed E-state index contributed by atoms with van der Waals surface area (Å²) in [4.78, 5) is 12.8. The molecule has 10 unspecified atom stereocenters. The second-order valence-electron chi connectivity index (χ2n) is 12.0. The molecule has 6 heteroatoms. The summed E-state index contributed by atoms with van der Waals surface area (Å²) in [6.07, 6.45) is 3.32. The lowest BCUT2D eigenvalue weighted by atomic mass is 9.44. The molecule has 6 nitrogen and oxygen atoms in total. The van der Waals surface area contributed by atoms with Gasteiger partial charge in [-0.05, 0) is 68.6 Å². The first kappa shape index (κ1) is 24.2. The summed E-state index contributed by atoms with van der Waals surface area (Å²) < 4.78 is 6.04. The van der Waals surface area contributed by atoms with Gasteiger partial charge in [0, 0.05) is 17.8 Å². The summed E-state index contributed by atoms with van der Waals surface area (Å²) in [6, 6.07) is 0. The van der Waals surface area contributed by atoms with Crippen molar-refractivity contribution in [2.45, 2.75) is 110 Å². The third kappa shape index (κ3) is 3.31. The fourth-order valence-electron chi connectivity index (χ4n) is 8.19. The summed E-state index contributed by atoms with van der Waals surface area (Å²) in [6.45, 7) is 9.69. The highest BCUT2D eigenvalue weighted by Gasteiger charge is 2.74. The van der Waals surface area contributed by atoms with E-state index in [1.54, 1.807) is 6.92 Å². The molecule has 32 heavy (non-hydrogen) atoms. The van der Waals surface area contributed by atoms with Crippen LogP contribution in [-0.2, 0) is 9.53 Å². The van der Waals surface area contributed by atoms with Crippen LogP contribution in [0.5, 0.6) is 0 Å². The van der Waals surface area contributed by atoms with E-state index in [2.05, 4.69) is 13.0 Å². The van der Waals surface area contributed by atoms with Crippen molar-refractivity contribution in [2.24, 2.45) is 34.5 Å². The predicted octanol–water partition coefficient (Wildman–Crippen LogP) is 2.96. The van der Waals surface area contributed by atoms with Crippen molar-refractivity contribution in [1.82, 2.24) is 0 Å². The SMILES string of the molecule is CC(C)CC(=O)OC1C(O)C2C(CC=C3CC(O)CCC32C)C2(O)CCC(C(C)O)C12C. The van der Waals surface area contributed by atoms with Gasteiger partial charge < -0.3 is 25.2 Å². The first-order valence-corrected chi connectivity index (χ1v) is 12.5. The van der Waals surface area contributed by atoms with E-state index in [9.17, 15) is 25.2 Å². The number of allylic oxidation sites excluding steroid dienone is 1. The summed E-state index contributed by atoms with van der Waals surface area (Å²) in [5, 5.41) is 45.1. The maximum atomic E-state index is 12.8. The molecule has 0 aromatic carbocycles. The van der Waals surface area contributed by atoms with Crippen LogP contribution in [0.2, 0.25) is 0 Å². The number of carbonyl (C=O) groups excluding carboxylic acids is 1. The lowest BCUT2D eigenvalue weighted by Gasteiger charge is -2.64. The minimum atomic E-state index is -1.15. The topological polar surface area (TPSA) is 107 Å². The van der Waals surface area contributed by atoms with Crippen LogP contribution in [-0.4, -0.2) is 56.4 Å². The monoisotopic (exact) mass is 450 g/mol. The molecule has 10 atom stereocenters. The van der Waals surface area contributed by atoms with Crippen molar-refractivity contribution >= 4 is 5.97 Å². The van der Waals surface area contributed by atoms with Gasteiger partial charge in [0.2, 0.25) is 0 Å². The molecule has 0 heterocycles. The number of rotatable bonds is 4. The van der Waals surface area contributed by atoms with Crippen molar-refractivity contribution in [3.63, 3.8) is 0 Å². The van der Waals surface area contributed by atoms with E-state index < -0.39 is 29.3 Å². The molecular weight excluding hydrogens is 408 g/mol. The molecule has 4 rings (SSSR count). The zero-order chi connectivity index (χ0) is 23.6. The van der Waals surface area contributed by atoms with E-state index in [4.69, 9.17) is 4.74 Å². The summed E-state index contributed by atoms with van der Waals surface area (Å²) >= 11 is 0. The van der Waals surface area contributed by atoms with Gasteiger partial charge in [-0.15, -0.1) is 0 Å². The molecule has 4 aliphatic rings. The maximum absolute atomic E-state index is 12.8. The Morgan fingerprint density at radius 2 is 1.88 bits per heavy atom. The van der Waals surface area contributed by atoms with Crippen LogP contribution in [0, 0.1) is 34.5 Å². The molecule has 0 radical (unpaired) electrons. The minimum absolute atomic E-state index is 0.125. The molecule has 3 fully saturated rings. The summed E-state index contributed by atoms with van der Waals surface area (Å²) in [7, 11) is 0. The van der Waals surface area contributed by atoms with Crippen LogP contribution in [0.4, 0.5) is 0 Å². The van der Waals surface area contributed by atoms with Crippen molar-refractivity contribution in [3.05, 3.63) is 11.6 Å². The molecule has 0 aliphatic heterocycles. The molecule has 0 bridgehead atoms. The smallest absolute Gasteiger partial charge is 0.306 e. The zero-order valence-corrected chi connectivity index (χ0v) is 20.3. The van der Waals surface area contributed by atoms with Gasteiger partial charge in [0.25, 0.3) is 0 Å². The Morgan fingerprint density at radius 1 is 1.19 bits per heavy atom. The van der Waals surface area contributed by atoms with Gasteiger partial charge in [0.05, 0.1) is 23.9 Å². The lowest BCUT2D eigenvalue weighted by Crippen LogP contribution is -2.72. The number of ether oxygens (including phenoxy) is 1. The fourth-order valence-corrected chi connectivity index (χ4v) is 8.19. The molecule has 3 saturated carbocycles. The molecule has 4 aliphatic carbocycles. The highest BCUT2D eigenvalue weighted by molar-refractivity contribution is 5.70. The van der Waals surface area contributed by atoms with Gasteiger partial charge in [-0.2, -0.15) is 0 Å². The Labute approximate surface area is 192 Å². The van der Waals surface area contributed by atoms with Crippen molar-refractivity contribution in [3.8, 4) is 0 Å². The van der Waals surface area contributed by atoms with E-state index in [-0.39, 0.29) is 47.6 Å². The predicted molar refractivity (Wildman–Crippen MR) is 120 cm³/mol. The number of hydrogen-bond acceptors (Lipinski definition) is 6. The Morgan fingerprint density at radius 3 is 2.50 bits per heavy atom. The van der Waals surface area contributed by atoms with E-state index >= 15 is 0 Å². The fraction of sp³-hybridized carbons (Fsp3) is 0.885. The number of esters is 1. The van der Waals surface area contributed by atoms with E-state index in [0.717, 1.165) is 12.0 Å². The summed E-state index contributed by atoms with van der Waals surface area (Å²) in [5.74, 6) is -0.960. The van der Waals surface area contributed by atoms with Crippen molar-refractivity contribution < 1.29 is 30.0 Å². The van der Waals surface area contributed by atoms with Gasteiger partial charge in [-0.3, -0.25) is 4.79 Å². The summed E-state index contributed by atoms with van der Waals surface area (Å²) in [5.41, 5.74) is -1.29. The highest BCUT2D eigenvalue weighted by Crippen LogP contribution is 2.68. The Balaban J connectivity index is 1.81. The van der Waals surface area contributed by atoms with Crippen molar-refractivity contribution in [1.29, 1.82) is 0 Å². The third-order valence-corrected chi connectivity index (χ3v) is 9.81. The molecule has 0 spiro atoms. The van der Waals surface area contributed by atoms with Gasteiger partial charge in [0.15, 0.2) is 0 Å². The van der Waals surface area contributed by atoms with Gasteiger partial charge >= 0.3 is 5.97 Å². The van der Waals surface area contributed by atoms with Gasteiger partial charge in [0.1, 0.15) is 6.10 Å². The molecule has 182 valence electrons. The molecule has 0 amide bonds. The number of carbonyl (C=O) groups is 1. The average molecular weight is 451 g/mol. The largest absolute Gasteiger partial charge is 0.459 e. The Bertz CT molecular complexity index is 776. The highest BCUT2D eigenvalue weighted by atomic mass is 16.6. The van der Waals surface area contributed by atoms with Gasteiger partial charge in [-0.25, -0.2) is 0 Å². The van der Waals surface area contributed by atoms with Crippen LogP contribution < -0.4 is 0 Å². The van der Waals surface area contributed by atoms with Gasteiger partial charge in [-0.1, -0.05) is 39.3 Å². The number of hydrogen-bond donors (Lipinski definition) is 4. The first-order chi connectivity index (χ1) is 14.9. The van der Waals surface area contributed by atoms with Crippen LogP contribution in [0.3, 0.4) is 0 Å². The van der Waals surface area contributed by atoms with Crippen LogP contribution in [0.25, 0.3) is 0 Å². The second kappa shape index (κ2) is 8.07. The normalized spacial score (nSPS) is 49.0. The minimum Gasteiger partial charge on any atom is -0.459 e. The van der Waals surface area contributed by atoms with Crippen LogP contribution in [0.15, 0.2) is 11.6 Å². The third-order valence-electron chi connectivity index (χ3n) is 9.81. The zero-order valence-electron chi connectivity index (χ0n) is 20.3. The van der Waals surface area contributed by atoms with Crippen LogP contribution >= 0.6 is 0 Å². The molecule has 0 saturated heterocycles. The average Bonchev–Trinajstić information content (AvgIpc) is 2.97. The van der Waals surface area contributed by atoms with E-state index in [0.29, 0.717) is 32.1 Å². The van der Waals surface area contributed by atoms with Crippen LogP contribution in [0.1, 0.15) is 79.6 Å². The quantitative estimate of drug-likeness (QED) is 0.388. The maximum Gasteiger partial charge on any atom is 0.306 e. The molecule has 0 aromatic heterocycles. The second-order valence-corrected chi connectivity index (χ2v) is 12.0. The van der Waals surface area contributed by atoms with E-state index in [1.807, 2.05) is 20.8 Å². The number of aliphatic hydroxyl groups excluding tert-OH is 3. The number of aliphatic hydroxyl groups is 4. The van der Waals surface area contributed by atoms with E-state index in [1.165, 1.54) is 0 Å². The Hall–Kier alpha value is -0.950. The standard InChI is InChI=1S/C26H42O6/c1-14(2)12-20(29)32-23-22(30)21-19(7-6-16-13-17(28)8-10-24(16,21)4)26(31)11-9-18(15(3)27)25(23,26)5/h6,14-15,17-19,21-23,27-28,30-31H,7-13H2,1-5H3. The molecule has 0 aromatic rings.